The molecule has 0 atom stereocenters. The molecule has 0 bridgehead atoms. The van der Waals surface area contributed by atoms with Crippen LogP contribution >= 0.6 is 21.9 Å². The van der Waals surface area contributed by atoms with Gasteiger partial charge < -0.3 is 0 Å². The molecule has 114 valence electrons. The van der Waals surface area contributed by atoms with Crippen LogP contribution in [0.1, 0.15) is 24.5 Å². The van der Waals surface area contributed by atoms with Crippen molar-refractivity contribution < 1.29 is 9.05 Å². The van der Waals surface area contributed by atoms with Gasteiger partial charge in [-0.1, -0.05) is 0 Å². The standard InChI is InChI=1S/C17H22BrO2P/c1-4-13-21(18,19-16-9-5-14(2)6-10-16)20-17-11-7-15(3)8-12-17/h5-12,21H,4,13H2,1-3H3. The van der Waals surface area contributed by atoms with Crippen molar-refractivity contribution in [2.24, 2.45) is 0 Å². The van der Waals surface area contributed by atoms with E-state index in [4.69, 9.17) is 9.05 Å². The molecule has 0 saturated heterocycles. The van der Waals surface area contributed by atoms with Crippen LogP contribution in [0.15, 0.2) is 48.5 Å². The Bertz CT molecular complexity index is 519. The molecule has 0 fully saturated rings. The molecule has 21 heavy (non-hydrogen) atoms. The first-order valence-electron chi connectivity index (χ1n) is 7.21. The molecule has 0 heterocycles. The second kappa shape index (κ2) is 7.29. The summed E-state index contributed by atoms with van der Waals surface area (Å²) in [7, 11) is 0. The van der Waals surface area contributed by atoms with Crippen molar-refractivity contribution in [2.75, 3.05) is 6.16 Å². The zero-order valence-electron chi connectivity index (χ0n) is 12.7. The molecule has 2 aromatic carbocycles. The number of hydrogen-bond donors (Lipinski definition) is 0. The molecule has 2 aromatic rings. The van der Waals surface area contributed by atoms with Gasteiger partial charge in [0, 0.05) is 0 Å². The van der Waals surface area contributed by atoms with Crippen molar-refractivity contribution in [1.29, 1.82) is 0 Å². The Morgan fingerprint density at radius 2 is 1.19 bits per heavy atom. The summed E-state index contributed by atoms with van der Waals surface area (Å²) >= 11 is 3.75. The predicted molar refractivity (Wildman–Crippen MR) is 96.0 cm³/mol. The van der Waals surface area contributed by atoms with Crippen molar-refractivity contribution in [2.45, 2.75) is 27.2 Å². The van der Waals surface area contributed by atoms with E-state index in [1.165, 1.54) is 11.1 Å². The molecular weight excluding hydrogens is 347 g/mol. The van der Waals surface area contributed by atoms with Crippen molar-refractivity contribution >= 4 is 21.9 Å². The minimum atomic E-state index is -2.45. The van der Waals surface area contributed by atoms with Crippen LogP contribution in [0.25, 0.3) is 0 Å². The summed E-state index contributed by atoms with van der Waals surface area (Å²) in [5.41, 5.74) is 2.44. The van der Waals surface area contributed by atoms with Crippen LogP contribution in [0, 0.1) is 13.8 Å². The summed E-state index contributed by atoms with van der Waals surface area (Å²) in [6, 6.07) is 16.2. The molecule has 0 N–H and O–H groups in total. The first kappa shape index (κ1) is 16.3. The average molecular weight is 369 g/mol. The second-order valence-corrected chi connectivity index (χ2v) is 11.1. The number of aryl methyl sites for hydroxylation is 2. The van der Waals surface area contributed by atoms with Gasteiger partial charge in [0.15, 0.2) is 0 Å². The van der Waals surface area contributed by atoms with Crippen LogP contribution in [-0.4, -0.2) is 6.16 Å². The maximum absolute atomic E-state index is 6.16. The Morgan fingerprint density at radius 3 is 1.52 bits per heavy atom. The fourth-order valence-corrected chi connectivity index (χ4v) is 6.12. The summed E-state index contributed by atoms with van der Waals surface area (Å²) in [5, 5.41) is 0. The summed E-state index contributed by atoms with van der Waals surface area (Å²) in [6.07, 6.45) is -0.561. The molecule has 4 heteroatoms. The molecular formula is C17H22BrO2P. The molecule has 0 aliphatic heterocycles. The fraction of sp³-hybridized carbons (Fsp3) is 0.294. The van der Waals surface area contributed by atoms with Gasteiger partial charge in [-0.2, -0.15) is 0 Å². The van der Waals surface area contributed by atoms with Gasteiger partial charge >= 0.3 is 135 Å². The van der Waals surface area contributed by atoms with E-state index in [-0.39, 0.29) is 0 Å². The normalized spacial score (nSPS) is 12.0. The van der Waals surface area contributed by atoms with E-state index in [1.807, 2.05) is 24.3 Å². The van der Waals surface area contributed by atoms with Crippen LogP contribution in [0.2, 0.25) is 0 Å². The number of hydrogen-bond acceptors (Lipinski definition) is 2. The molecule has 0 unspecified atom stereocenters. The third-order valence-corrected chi connectivity index (χ3v) is 7.47. The van der Waals surface area contributed by atoms with Crippen LogP contribution in [0.5, 0.6) is 11.5 Å². The van der Waals surface area contributed by atoms with E-state index in [2.05, 4.69) is 60.5 Å². The van der Waals surface area contributed by atoms with Crippen molar-refractivity contribution in [1.82, 2.24) is 0 Å². The monoisotopic (exact) mass is 368 g/mol. The van der Waals surface area contributed by atoms with Crippen LogP contribution in [0.4, 0.5) is 0 Å². The van der Waals surface area contributed by atoms with Gasteiger partial charge in [-0.05, 0) is 0 Å². The molecule has 2 nitrogen and oxygen atoms in total. The first-order chi connectivity index (χ1) is 10.0. The predicted octanol–water partition coefficient (Wildman–Crippen LogP) is 6.06. The first-order valence-corrected chi connectivity index (χ1v) is 11.5. The van der Waals surface area contributed by atoms with Gasteiger partial charge in [0.05, 0.1) is 0 Å². The van der Waals surface area contributed by atoms with Gasteiger partial charge in [-0.15, -0.1) is 0 Å². The average Bonchev–Trinajstić information content (AvgIpc) is 2.44. The van der Waals surface area contributed by atoms with E-state index in [9.17, 15) is 0 Å². The molecule has 2 rings (SSSR count). The maximum atomic E-state index is 6.16. The molecule has 0 aliphatic rings. The Labute approximate surface area is 135 Å². The van der Waals surface area contributed by atoms with E-state index in [0.29, 0.717) is 0 Å². The van der Waals surface area contributed by atoms with Crippen LogP contribution in [-0.2, 0) is 0 Å². The minimum absolute atomic E-state index is 0.852. The molecule has 0 saturated carbocycles. The SMILES string of the molecule is CCC[PH](Br)(Oc1ccc(C)cc1)Oc1ccc(C)cc1. The van der Waals surface area contributed by atoms with Gasteiger partial charge in [0.1, 0.15) is 0 Å². The van der Waals surface area contributed by atoms with E-state index in [1.54, 1.807) is 0 Å². The van der Waals surface area contributed by atoms with Crippen LogP contribution < -0.4 is 9.05 Å². The van der Waals surface area contributed by atoms with E-state index in [0.717, 1.165) is 24.1 Å². The summed E-state index contributed by atoms with van der Waals surface area (Å²) in [5.74, 6) is 1.70. The number of halogens is 1. The van der Waals surface area contributed by atoms with Gasteiger partial charge in [0.2, 0.25) is 0 Å². The van der Waals surface area contributed by atoms with E-state index >= 15 is 0 Å². The van der Waals surface area contributed by atoms with Gasteiger partial charge in [0.25, 0.3) is 0 Å². The Hall–Kier alpha value is -1.05. The van der Waals surface area contributed by atoms with Crippen molar-refractivity contribution in [3.05, 3.63) is 59.7 Å². The summed E-state index contributed by atoms with van der Waals surface area (Å²) < 4.78 is 12.3. The van der Waals surface area contributed by atoms with Crippen molar-refractivity contribution in [3.8, 4) is 11.5 Å². The second-order valence-electron chi connectivity index (χ2n) is 5.24. The fourth-order valence-electron chi connectivity index (χ4n) is 1.99. The molecule has 0 aromatic heterocycles. The zero-order chi connectivity index (χ0) is 15.3. The topological polar surface area (TPSA) is 18.5 Å². The van der Waals surface area contributed by atoms with Crippen molar-refractivity contribution in [3.63, 3.8) is 0 Å². The Balaban J connectivity index is 2.14. The van der Waals surface area contributed by atoms with Crippen LogP contribution in [0.3, 0.4) is 0 Å². The molecule has 0 aliphatic carbocycles. The Morgan fingerprint density at radius 1 is 0.810 bits per heavy atom. The van der Waals surface area contributed by atoms with Gasteiger partial charge in [-0.25, -0.2) is 0 Å². The molecule has 0 spiro atoms. The summed E-state index contributed by atoms with van der Waals surface area (Å²) in [4.78, 5) is 0. The summed E-state index contributed by atoms with van der Waals surface area (Å²) in [6.45, 7) is 6.27. The third-order valence-electron chi connectivity index (χ3n) is 3.13. The quantitative estimate of drug-likeness (QED) is 0.576. The Kier molecular flexibility index (Phi) is 5.66. The molecule has 0 amide bonds. The van der Waals surface area contributed by atoms with Gasteiger partial charge in [-0.3, -0.25) is 0 Å². The zero-order valence-corrected chi connectivity index (χ0v) is 15.3. The van der Waals surface area contributed by atoms with E-state index < -0.39 is 6.42 Å². The third kappa shape index (κ3) is 5.01. The molecule has 0 radical (unpaired) electrons. The number of benzene rings is 2. The number of rotatable bonds is 6.